The number of carbonyl (C=O) groups excluding carboxylic acids is 1. The molecule has 3 aliphatic carbocycles. The first-order valence-corrected chi connectivity index (χ1v) is 8.21. The first-order valence-electron chi connectivity index (χ1n) is 8.21. The number of anilines is 1. The van der Waals surface area contributed by atoms with E-state index in [1.165, 1.54) is 19.3 Å². The lowest BCUT2D eigenvalue weighted by Gasteiger charge is -2.12. The van der Waals surface area contributed by atoms with Gasteiger partial charge in [0.25, 0.3) is 5.91 Å². The molecule has 112 valence electrons. The van der Waals surface area contributed by atoms with Crippen molar-refractivity contribution in [3.05, 3.63) is 23.4 Å². The number of pyridine rings is 1. The predicted molar refractivity (Wildman–Crippen MR) is 82.2 cm³/mol. The summed E-state index contributed by atoms with van der Waals surface area (Å²) in [5, 5.41) is 6.46. The molecule has 4 unspecified atom stereocenters. The van der Waals surface area contributed by atoms with E-state index in [0.29, 0.717) is 6.04 Å². The maximum Gasteiger partial charge on any atom is 0.251 e. The zero-order valence-corrected chi connectivity index (χ0v) is 12.7. The summed E-state index contributed by atoms with van der Waals surface area (Å²) in [6.45, 7) is 4.78. The topological polar surface area (TPSA) is 54.0 Å². The van der Waals surface area contributed by atoms with Crippen molar-refractivity contribution in [1.82, 2.24) is 10.3 Å². The lowest BCUT2D eigenvalue weighted by Crippen LogP contribution is -2.30. The van der Waals surface area contributed by atoms with Crippen LogP contribution >= 0.6 is 0 Å². The molecule has 0 spiro atoms. The highest BCUT2D eigenvalue weighted by atomic mass is 16.1. The monoisotopic (exact) mass is 285 g/mol. The summed E-state index contributed by atoms with van der Waals surface area (Å²) in [4.78, 5) is 16.9. The van der Waals surface area contributed by atoms with Gasteiger partial charge in [-0.05, 0) is 68.9 Å². The van der Waals surface area contributed by atoms with Crippen molar-refractivity contribution >= 4 is 11.7 Å². The summed E-state index contributed by atoms with van der Waals surface area (Å²) in [7, 11) is 0. The van der Waals surface area contributed by atoms with Crippen LogP contribution in [-0.4, -0.2) is 23.5 Å². The van der Waals surface area contributed by atoms with Gasteiger partial charge in [-0.2, -0.15) is 0 Å². The molecule has 0 aromatic carbocycles. The van der Waals surface area contributed by atoms with E-state index in [1.54, 1.807) is 0 Å². The average molecular weight is 285 g/mol. The lowest BCUT2D eigenvalue weighted by molar-refractivity contribution is 0.0944. The van der Waals surface area contributed by atoms with E-state index in [9.17, 15) is 4.79 Å². The highest BCUT2D eigenvalue weighted by Gasteiger charge is 2.65. The maximum absolute atomic E-state index is 12.5. The van der Waals surface area contributed by atoms with Crippen LogP contribution in [0.15, 0.2) is 12.1 Å². The second-order valence-corrected chi connectivity index (χ2v) is 6.90. The fourth-order valence-electron chi connectivity index (χ4n) is 4.82. The van der Waals surface area contributed by atoms with E-state index in [2.05, 4.69) is 15.6 Å². The Hall–Kier alpha value is -1.58. The summed E-state index contributed by atoms with van der Waals surface area (Å²) in [5.74, 6) is 4.20. The minimum Gasteiger partial charge on any atom is -0.370 e. The zero-order chi connectivity index (χ0) is 14.6. The van der Waals surface area contributed by atoms with Crippen LogP contribution in [0.2, 0.25) is 0 Å². The minimum atomic E-state index is 0.0680. The number of rotatable bonds is 4. The molecule has 4 nitrogen and oxygen atoms in total. The van der Waals surface area contributed by atoms with Crippen molar-refractivity contribution < 1.29 is 4.79 Å². The van der Waals surface area contributed by atoms with Gasteiger partial charge in [-0.15, -0.1) is 0 Å². The molecule has 2 N–H and O–H groups in total. The van der Waals surface area contributed by atoms with Gasteiger partial charge in [-0.1, -0.05) is 0 Å². The Morgan fingerprint density at radius 3 is 2.67 bits per heavy atom. The summed E-state index contributed by atoms with van der Waals surface area (Å²) in [6.07, 6.45) is 4.19. The third-order valence-corrected chi connectivity index (χ3v) is 5.61. The molecule has 4 heteroatoms. The van der Waals surface area contributed by atoms with Gasteiger partial charge in [0.05, 0.1) is 0 Å². The van der Waals surface area contributed by atoms with Crippen LogP contribution in [0.25, 0.3) is 0 Å². The standard InChI is InChI=1S/C17H23N3O/c1-3-18-13-8-12(6-9(2)19-13)17(21)20-16-14-10-4-5-11(7-10)15(14)16/h6,8,10-11,14-16H,3-5,7H2,1-2H3,(H,18,19)(H,20,21). The fourth-order valence-corrected chi connectivity index (χ4v) is 4.82. The van der Waals surface area contributed by atoms with Crippen molar-refractivity contribution in [1.29, 1.82) is 0 Å². The number of nitrogens with zero attached hydrogens (tertiary/aromatic N) is 1. The predicted octanol–water partition coefficient (Wildman–Crippen LogP) is 2.60. The SMILES string of the molecule is CCNc1cc(C(=O)NC2C3C4CCC(C4)C23)cc(C)n1. The molecule has 1 heterocycles. The van der Waals surface area contributed by atoms with E-state index >= 15 is 0 Å². The summed E-state index contributed by atoms with van der Waals surface area (Å²) < 4.78 is 0. The molecule has 1 aromatic rings. The molecule has 1 amide bonds. The molecule has 21 heavy (non-hydrogen) atoms. The van der Waals surface area contributed by atoms with Crippen LogP contribution in [0.3, 0.4) is 0 Å². The first kappa shape index (κ1) is 13.1. The van der Waals surface area contributed by atoms with Gasteiger partial charge in [0.2, 0.25) is 0 Å². The van der Waals surface area contributed by atoms with Crippen molar-refractivity contribution in [3.63, 3.8) is 0 Å². The van der Waals surface area contributed by atoms with Gasteiger partial charge in [-0.3, -0.25) is 4.79 Å². The van der Waals surface area contributed by atoms with E-state index < -0.39 is 0 Å². The van der Waals surface area contributed by atoms with Gasteiger partial charge in [0.15, 0.2) is 0 Å². The number of hydrogen-bond donors (Lipinski definition) is 2. The molecule has 1 aromatic heterocycles. The number of aryl methyl sites for hydroxylation is 1. The van der Waals surface area contributed by atoms with E-state index in [4.69, 9.17) is 0 Å². The largest absolute Gasteiger partial charge is 0.370 e. The van der Waals surface area contributed by atoms with E-state index in [0.717, 1.165) is 47.3 Å². The van der Waals surface area contributed by atoms with Crippen molar-refractivity contribution in [2.45, 2.75) is 39.2 Å². The Bertz CT molecular complexity index is 569. The number of carbonyl (C=O) groups is 1. The highest BCUT2D eigenvalue weighted by molar-refractivity contribution is 5.95. The quantitative estimate of drug-likeness (QED) is 0.894. The second kappa shape index (κ2) is 4.72. The summed E-state index contributed by atoms with van der Waals surface area (Å²) in [6, 6.07) is 4.18. The van der Waals surface area contributed by atoms with Crippen LogP contribution in [0.4, 0.5) is 5.82 Å². The molecule has 4 rings (SSSR count). The molecular weight excluding hydrogens is 262 g/mol. The van der Waals surface area contributed by atoms with E-state index in [-0.39, 0.29) is 5.91 Å². The third-order valence-electron chi connectivity index (χ3n) is 5.61. The average Bonchev–Trinajstić information content (AvgIpc) is 2.83. The van der Waals surface area contributed by atoms with Crippen LogP contribution in [0.5, 0.6) is 0 Å². The molecule has 3 fully saturated rings. The Morgan fingerprint density at radius 1 is 1.29 bits per heavy atom. The van der Waals surface area contributed by atoms with E-state index in [1.807, 2.05) is 26.0 Å². The Kier molecular flexibility index (Phi) is 2.95. The molecule has 0 aliphatic heterocycles. The highest BCUT2D eigenvalue weighted by Crippen LogP contribution is 2.65. The molecule has 3 aliphatic rings. The molecule has 2 bridgehead atoms. The number of hydrogen-bond acceptors (Lipinski definition) is 3. The summed E-state index contributed by atoms with van der Waals surface area (Å²) in [5.41, 5.74) is 1.62. The lowest BCUT2D eigenvalue weighted by atomic mass is 10.0. The fraction of sp³-hybridized carbons (Fsp3) is 0.647. The van der Waals surface area contributed by atoms with Crippen LogP contribution in [0.1, 0.15) is 42.2 Å². The molecule has 4 atom stereocenters. The first-order chi connectivity index (χ1) is 10.2. The van der Waals surface area contributed by atoms with Gasteiger partial charge >= 0.3 is 0 Å². The third kappa shape index (κ3) is 2.12. The normalized spacial score (nSPS) is 35.4. The molecular formula is C17H23N3O. The van der Waals surface area contributed by atoms with Gasteiger partial charge in [0, 0.05) is 23.8 Å². The summed E-state index contributed by atoms with van der Waals surface area (Å²) >= 11 is 0. The Labute approximate surface area is 125 Å². The van der Waals surface area contributed by atoms with Crippen LogP contribution in [-0.2, 0) is 0 Å². The molecule has 3 saturated carbocycles. The van der Waals surface area contributed by atoms with Crippen LogP contribution < -0.4 is 10.6 Å². The zero-order valence-electron chi connectivity index (χ0n) is 12.7. The second-order valence-electron chi connectivity index (χ2n) is 6.90. The van der Waals surface area contributed by atoms with Crippen molar-refractivity contribution in [2.75, 3.05) is 11.9 Å². The molecule has 0 radical (unpaired) electrons. The smallest absolute Gasteiger partial charge is 0.251 e. The van der Waals surface area contributed by atoms with Crippen molar-refractivity contribution in [3.8, 4) is 0 Å². The number of aromatic nitrogens is 1. The molecule has 0 saturated heterocycles. The van der Waals surface area contributed by atoms with Gasteiger partial charge in [-0.25, -0.2) is 4.98 Å². The van der Waals surface area contributed by atoms with Gasteiger partial charge in [0.1, 0.15) is 5.82 Å². The number of nitrogens with one attached hydrogen (secondary N) is 2. The maximum atomic E-state index is 12.5. The Morgan fingerprint density at radius 2 is 2.00 bits per heavy atom. The van der Waals surface area contributed by atoms with Crippen LogP contribution in [0, 0.1) is 30.6 Å². The number of fused-ring (bicyclic) bond motifs is 5. The van der Waals surface area contributed by atoms with Crippen molar-refractivity contribution in [2.24, 2.45) is 23.7 Å². The Balaban J connectivity index is 1.46. The number of amides is 1. The minimum absolute atomic E-state index is 0.0680. The van der Waals surface area contributed by atoms with Gasteiger partial charge < -0.3 is 10.6 Å².